The van der Waals surface area contributed by atoms with Gasteiger partial charge in [-0.25, -0.2) is 0 Å². The average Bonchev–Trinajstić information content (AvgIpc) is 2.60. The molecule has 0 spiro atoms. The highest BCUT2D eigenvalue weighted by Crippen LogP contribution is 2.46. The summed E-state index contributed by atoms with van der Waals surface area (Å²) in [6, 6.07) is 20.5. The lowest BCUT2D eigenvalue weighted by Gasteiger charge is -2.44. The first-order valence-electron chi connectivity index (χ1n) is 8.79. The van der Waals surface area contributed by atoms with Gasteiger partial charge in [0.05, 0.1) is 0 Å². The molecular weight excluding hydrogens is 294 g/mol. The van der Waals surface area contributed by atoms with Crippen LogP contribution in [0, 0.1) is 5.92 Å². The van der Waals surface area contributed by atoms with Crippen molar-refractivity contribution in [3.05, 3.63) is 77.4 Å². The van der Waals surface area contributed by atoms with Gasteiger partial charge in [-0.05, 0) is 50.1 Å². The van der Waals surface area contributed by atoms with Gasteiger partial charge in [0.15, 0.2) is 0 Å². The third kappa shape index (κ3) is 3.45. The largest absolute Gasteiger partial charge is 0.380 e. The van der Waals surface area contributed by atoms with Gasteiger partial charge in [0, 0.05) is 12.5 Å². The molecule has 0 aliphatic heterocycles. The first-order chi connectivity index (χ1) is 11.6. The maximum atomic E-state index is 11.9. The van der Waals surface area contributed by atoms with Crippen LogP contribution in [0.4, 0.5) is 0 Å². The fourth-order valence-corrected chi connectivity index (χ4v) is 3.91. The van der Waals surface area contributed by atoms with E-state index in [9.17, 15) is 5.11 Å². The zero-order valence-electron chi connectivity index (χ0n) is 14.7. The number of hydrogen-bond donors (Lipinski definition) is 1. The lowest BCUT2D eigenvalue weighted by Crippen LogP contribution is -2.44. The van der Waals surface area contributed by atoms with Crippen LogP contribution in [-0.4, -0.2) is 30.6 Å². The fourth-order valence-electron chi connectivity index (χ4n) is 3.91. The molecule has 24 heavy (non-hydrogen) atoms. The third-order valence-electron chi connectivity index (χ3n) is 5.02. The maximum Gasteiger partial charge on any atom is 0.115 e. The Kier molecular flexibility index (Phi) is 5.17. The molecule has 1 aliphatic carbocycles. The first kappa shape index (κ1) is 16.9. The van der Waals surface area contributed by atoms with E-state index in [1.165, 1.54) is 0 Å². The number of nitrogens with zero attached hydrogens (tertiary/aromatic N) is 1. The van der Waals surface area contributed by atoms with Crippen LogP contribution < -0.4 is 0 Å². The van der Waals surface area contributed by atoms with Crippen LogP contribution in [-0.2, 0) is 5.60 Å². The second-order valence-electron chi connectivity index (χ2n) is 7.06. The highest BCUT2D eigenvalue weighted by atomic mass is 16.3. The quantitative estimate of drug-likeness (QED) is 0.906. The van der Waals surface area contributed by atoms with Gasteiger partial charge in [-0.3, -0.25) is 0 Å². The molecule has 2 heteroatoms. The molecule has 2 aromatic rings. The van der Waals surface area contributed by atoms with Gasteiger partial charge in [0.2, 0.25) is 0 Å². The highest BCUT2D eigenvalue weighted by Gasteiger charge is 2.43. The molecular formula is C22H27NO. The van der Waals surface area contributed by atoms with Crippen molar-refractivity contribution in [2.75, 3.05) is 20.6 Å². The minimum Gasteiger partial charge on any atom is -0.380 e. The van der Waals surface area contributed by atoms with Crippen molar-refractivity contribution in [3.8, 4) is 0 Å². The molecule has 0 saturated heterocycles. The van der Waals surface area contributed by atoms with E-state index in [4.69, 9.17) is 0 Å². The van der Waals surface area contributed by atoms with E-state index in [0.29, 0.717) is 0 Å². The minimum absolute atomic E-state index is 0.207. The molecule has 0 radical (unpaired) electrons. The topological polar surface area (TPSA) is 23.5 Å². The van der Waals surface area contributed by atoms with Crippen molar-refractivity contribution in [1.29, 1.82) is 0 Å². The monoisotopic (exact) mass is 321 g/mol. The SMILES string of the molecule is CN(C)CC1CCC/C(=C\c2ccccc2)C1(O)c1ccccc1. The zero-order valence-corrected chi connectivity index (χ0v) is 14.7. The van der Waals surface area contributed by atoms with Crippen molar-refractivity contribution in [1.82, 2.24) is 4.90 Å². The van der Waals surface area contributed by atoms with Gasteiger partial charge in [-0.15, -0.1) is 0 Å². The summed E-state index contributed by atoms with van der Waals surface area (Å²) in [4.78, 5) is 2.18. The Hall–Kier alpha value is -1.90. The van der Waals surface area contributed by atoms with Gasteiger partial charge in [-0.1, -0.05) is 66.7 Å². The smallest absolute Gasteiger partial charge is 0.115 e. The summed E-state index contributed by atoms with van der Waals surface area (Å²) in [5.41, 5.74) is 2.42. The standard InChI is InChI=1S/C22H27NO/c1-23(2)17-21-15-9-14-20(16-18-10-5-3-6-11-18)22(21,24)19-12-7-4-8-13-19/h3-8,10-13,16,21,24H,9,14-15,17H2,1-2H3/b20-16+. The Morgan fingerprint density at radius 2 is 1.67 bits per heavy atom. The molecule has 2 nitrogen and oxygen atoms in total. The summed E-state index contributed by atoms with van der Waals surface area (Å²) >= 11 is 0. The molecule has 0 bridgehead atoms. The summed E-state index contributed by atoms with van der Waals surface area (Å²) in [6.07, 6.45) is 5.32. The van der Waals surface area contributed by atoms with Gasteiger partial charge >= 0.3 is 0 Å². The second kappa shape index (κ2) is 7.33. The van der Waals surface area contributed by atoms with Crippen LogP contribution in [0.2, 0.25) is 0 Å². The molecule has 3 rings (SSSR count). The van der Waals surface area contributed by atoms with Crippen molar-refractivity contribution >= 4 is 6.08 Å². The second-order valence-corrected chi connectivity index (χ2v) is 7.06. The molecule has 2 aromatic carbocycles. The van der Waals surface area contributed by atoms with Gasteiger partial charge in [0.25, 0.3) is 0 Å². The van der Waals surface area contributed by atoms with Crippen molar-refractivity contribution in [2.45, 2.75) is 24.9 Å². The molecule has 0 aromatic heterocycles. The van der Waals surface area contributed by atoms with Crippen LogP contribution in [0.3, 0.4) is 0 Å². The lowest BCUT2D eigenvalue weighted by molar-refractivity contribution is -0.0174. The molecule has 1 fully saturated rings. The summed E-state index contributed by atoms with van der Waals surface area (Å²) in [5.74, 6) is 0.207. The Bertz CT molecular complexity index is 678. The Labute approximate surface area is 145 Å². The van der Waals surface area contributed by atoms with Crippen LogP contribution in [0.1, 0.15) is 30.4 Å². The van der Waals surface area contributed by atoms with E-state index >= 15 is 0 Å². The van der Waals surface area contributed by atoms with Gasteiger partial charge < -0.3 is 10.0 Å². The summed E-state index contributed by atoms with van der Waals surface area (Å²) in [5, 5.41) is 11.9. The fraction of sp³-hybridized carbons (Fsp3) is 0.364. The zero-order chi connectivity index (χ0) is 17.0. The minimum atomic E-state index is -0.889. The van der Waals surface area contributed by atoms with E-state index in [1.807, 2.05) is 36.4 Å². The molecule has 1 saturated carbocycles. The van der Waals surface area contributed by atoms with Crippen LogP contribution in [0.25, 0.3) is 6.08 Å². The molecule has 2 atom stereocenters. The van der Waals surface area contributed by atoms with Crippen molar-refractivity contribution in [2.24, 2.45) is 5.92 Å². The molecule has 0 heterocycles. The molecule has 1 N–H and O–H groups in total. The highest BCUT2D eigenvalue weighted by molar-refractivity contribution is 5.57. The Balaban J connectivity index is 2.07. The molecule has 126 valence electrons. The predicted octanol–water partition coefficient (Wildman–Crippen LogP) is 4.32. The molecule has 1 aliphatic rings. The van der Waals surface area contributed by atoms with E-state index in [1.54, 1.807) is 0 Å². The average molecular weight is 321 g/mol. The molecule has 2 unspecified atom stereocenters. The predicted molar refractivity (Wildman–Crippen MR) is 101 cm³/mol. The van der Waals surface area contributed by atoms with Crippen LogP contribution in [0.5, 0.6) is 0 Å². The maximum absolute atomic E-state index is 11.9. The molecule has 0 amide bonds. The number of aliphatic hydroxyl groups is 1. The summed E-state index contributed by atoms with van der Waals surface area (Å²) in [7, 11) is 4.17. The Morgan fingerprint density at radius 1 is 1.04 bits per heavy atom. The first-order valence-corrected chi connectivity index (χ1v) is 8.79. The van der Waals surface area contributed by atoms with E-state index in [0.717, 1.165) is 42.5 Å². The summed E-state index contributed by atoms with van der Waals surface area (Å²) < 4.78 is 0. The normalized spacial score (nSPS) is 26.0. The third-order valence-corrected chi connectivity index (χ3v) is 5.02. The Morgan fingerprint density at radius 3 is 2.29 bits per heavy atom. The summed E-state index contributed by atoms with van der Waals surface area (Å²) in [6.45, 7) is 0.886. The van der Waals surface area contributed by atoms with Gasteiger partial charge in [-0.2, -0.15) is 0 Å². The number of benzene rings is 2. The van der Waals surface area contributed by atoms with E-state index < -0.39 is 5.60 Å². The number of rotatable bonds is 4. The van der Waals surface area contributed by atoms with Gasteiger partial charge in [0.1, 0.15) is 5.60 Å². The van der Waals surface area contributed by atoms with Crippen LogP contribution in [0.15, 0.2) is 66.2 Å². The lowest BCUT2D eigenvalue weighted by atomic mass is 9.67. The van der Waals surface area contributed by atoms with E-state index in [-0.39, 0.29) is 5.92 Å². The van der Waals surface area contributed by atoms with Crippen LogP contribution >= 0.6 is 0 Å². The van der Waals surface area contributed by atoms with Crippen molar-refractivity contribution < 1.29 is 5.11 Å². The number of hydrogen-bond acceptors (Lipinski definition) is 2. The van der Waals surface area contributed by atoms with Crippen molar-refractivity contribution in [3.63, 3.8) is 0 Å². The van der Waals surface area contributed by atoms with E-state index in [2.05, 4.69) is 49.3 Å².